The van der Waals surface area contributed by atoms with E-state index >= 15 is 0 Å². The minimum atomic E-state index is -0.749. The average molecular weight is 221 g/mol. The van der Waals surface area contributed by atoms with Crippen LogP contribution in [-0.2, 0) is 9.53 Å². The third kappa shape index (κ3) is 3.47. The van der Waals surface area contributed by atoms with E-state index in [4.69, 9.17) is 11.2 Å². The summed E-state index contributed by atoms with van der Waals surface area (Å²) in [5.74, 6) is 2.19. The maximum absolute atomic E-state index is 11.7. The van der Waals surface area contributed by atoms with Crippen molar-refractivity contribution in [3.8, 4) is 12.3 Å². The van der Waals surface area contributed by atoms with Crippen LogP contribution in [0.5, 0.6) is 0 Å². The molecule has 16 heavy (non-hydrogen) atoms. The van der Waals surface area contributed by atoms with Crippen LogP contribution in [0.1, 0.15) is 20.8 Å². The van der Waals surface area contributed by atoms with Crippen molar-refractivity contribution >= 4 is 5.97 Å². The minimum absolute atomic E-state index is 0.283. The van der Waals surface area contributed by atoms with Crippen molar-refractivity contribution in [2.24, 2.45) is 0 Å². The van der Waals surface area contributed by atoms with Gasteiger partial charge in [0.25, 0.3) is 0 Å². The van der Waals surface area contributed by atoms with Crippen LogP contribution in [0, 0.1) is 12.3 Å². The molecule has 0 aromatic carbocycles. The molecule has 0 heterocycles. The van der Waals surface area contributed by atoms with Gasteiger partial charge in [-0.25, -0.2) is 4.79 Å². The van der Waals surface area contributed by atoms with E-state index in [1.54, 1.807) is 45.0 Å². The second kappa shape index (κ2) is 6.02. The van der Waals surface area contributed by atoms with Crippen LogP contribution in [0.4, 0.5) is 0 Å². The number of nitrogens with zero attached hydrogens (tertiary/aromatic N) is 1. The number of likely N-dealkylation sites (N-methyl/N-ethyl adjacent to an activating group) is 1. The van der Waals surface area contributed by atoms with Gasteiger partial charge in [-0.2, -0.15) is 0 Å². The van der Waals surface area contributed by atoms with Gasteiger partial charge in [-0.05, 0) is 20.8 Å². The SMILES string of the molecule is C#C/C(C=C)=C/N(C)C(C)(C)C(=O)OCC. The lowest BCUT2D eigenvalue weighted by Crippen LogP contribution is -2.46. The standard InChI is InChI=1S/C13H19NO2/c1-7-11(8-2)10-14(6)13(4,5)12(15)16-9-3/h1,8,10H,2,9H2,3-6H3/b11-10-. The van der Waals surface area contributed by atoms with Gasteiger partial charge in [-0.1, -0.05) is 18.6 Å². The molecule has 0 aliphatic heterocycles. The molecule has 0 saturated heterocycles. The Morgan fingerprint density at radius 1 is 1.62 bits per heavy atom. The van der Waals surface area contributed by atoms with E-state index in [0.29, 0.717) is 12.2 Å². The Morgan fingerprint density at radius 2 is 2.19 bits per heavy atom. The van der Waals surface area contributed by atoms with Crippen molar-refractivity contribution in [2.45, 2.75) is 26.3 Å². The molecule has 0 aromatic rings. The summed E-state index contributed by atoms with van der Waals surface area (Å²) in [5, 5.41) is 0. The second-order valence-electron chi connectivity index (χ2n) is 3.82. The summed E-state index contributed by atoms with van der Waals surface area (Å²) in [4.78, 5) is 13.4. The van der Waals surface area contributed by atoms with Gasteiger partial charge in [0, 0.05) is 18.8 Å². The fourth-order valence-electron chi connectivity index (χ4n) is 0.971. The Morgan fingerprint density at radius 3 is 2.56 bits per heavy atom. The van der Waals surface area contributed by atoms with E-state index in [1.165, 1.54) is 0 Å². The predicted octanol–water partition coefficient (Wildman–Crippen LogP) is 1.96. The lowest BCUT2D eigenvalue weighted by atomic mass is 10.0. The van der Waals surface area contributed by atoms with Crippen LogP contribution in [0.2, 0.25) is 0 Å². The monoisotopic (exact) mass is 221 g/mol. The van der Waals surface area contributed by atoms with Gasteiger partial charge in [0.1, 0.15) is 5.54 Å². The van der Waals surface area contributed by atoms with Crippen molar-refractivity contribution in [1.29, 1.82) is 0 Å². The third-order valence-corrected chi connectivity index (χ3v) is 2.38. The third-order valence-electron chi connectivity index (χ3n) is 2.38. The van der Waals surface area contributed by atoms with Gasteiger partial charge in [0.15, 0.2) is 0 Å². The summed E-state index contributed by atoms with van der Waals surface area (Å²) in [5.41, 5.74) is -0.124. The first-order valence-corrected chi connectivity index (χ1v) is 5.11. The summed E-state index contributed by atoms with van der Waals surface area (Å²) in [6, 6.07) is 0. The Labute approximate surface area is 97.8 Å². The van der Waals surface area contributed by atoms with Gasteiger partial charge < -0.3 is 9.64 Å². The quantitative estimate of drug-likeness (QED) is 0.404. The fourth-order valence-corrected chi connectivity index (χ4v) is 0.971. The number of terminal acetylenes is 1. The normalized spacial score (nSPS) is 11.6. The van der Waals surface area contributed by atoms with Gasteiger partial charge in [0.05, 0.1) is 6.61 Å². The molecule has 0 unspecified atom stereocenters. The molecule has 0 aliphatic carbocycles. The van der Waals surface area contributed by atoms with Crippen LogP contribution >= 0.6 is 0 Å². The summed E-state index contributed by atoms with van der Waals surface area (Å²) in [7, 11) is 1.78. The molecule has 0 aliphatic rings. The summed E-state index contributed by atoms with van der Waals surface area (Å²) in [6.45, 7) is 9.29. The van der Waals surface area contributed by atoms with Crippen LogP contribution in [0.15, 0.2) is 24.4 Å². The number of allylic oxidation sites excluding steroid dienone is 2. The summed E-state index contributed by atoms with van der Waals surface area (Å²) >= 11 is 0. The molecule has 0 atom stereocenters. The van der Waals surface area contributed by atoms with Crippen LogP contribution in [0.25, 0.3) is 0 Å². The first-order valence-electron chi connectivity index (χ1n) is 5.11. The molecule has 0 radical (unpaired) electrons. The Kier molecular flexibility index (Phi) is 5.38. The minimum Gasteiger partial charge on any atom is -0.464 e. The Hall–Kier alpha value is -1.69. The zero-order valence-corrected chi connectivity index (χ0v) is 10.4. The molecular weight excluding hydrogens is 202 g/mol. The van der Waals surface area contributed by atoms with E-state index in [2.05, 4.69) is 12.5 Å². The number of hydrogen-bond donors (Lipinski definition) is 0. The van der Waals surface area contributed by atoms with E-state index in [-0.39, 0.29) is 5.97 Å². The highest BCUT2D eigenvalue weighted by atomic mass is 16.5. The zero-order chi connectivity index (χ0) is 12.8. The number of carbonyl (C=O) groups is 1. The lowest BCUT2D eigenvalue weighted by molar-refractivity contribution is -0.153. The van der Waals surface area contributed by atoms with E-state index in [9.17, 15) is 4.79 Å². The molecule has 0 N–H and O–H groups in total. The van der Waals surface area contributed by atoms with Crippen LogP contribution in [0.3, 0.4) is 0 Å². The Balaban J connectivity index is 4.90. The van der Waals surface area contributed by atoms with Crippen LogP contribution in [-0.4, -0.2) is 30.1 Å². The Bertz CT molecular complexity index is 334. The smallest absolute Gasteiger partial charge is 0.331 e. The zero-order valence-electron chi connectivity index (χ0n) is 10.4. The predicted molar refractivity (Wildman–Crippen MR) is 65.6 cm³/mol. The highest BCUT2D eigenvalue weighted by Crippen LogP contribution is 2.16. The van der Waals surface area contributed by atoms with Crippen molar-refractivity contribution in [3.05, 3.63) is 24.4 Å². The molecule has 0 fully saturated rings. The number of carbonyl (C=O) groups excluding carboxylic acids is 1. The molecule has 0 saturated carbocycles. The van der Waals surface area contributed by atoms with E-state index in [1.807, 2.05) is 0 Å². The van der Waals surface area contributed by atoms with Crippen molar-refractivity contribution in [2.75, 3.05) is 13.7 Å². The maximum atomic E-state index is 11.7. The van der Waals surface area contributed by atoms with Crippen LogP contribution < -0.4 is 0 Å². The van der Waals surface area contributed by atoms with Gasteiger partial charge in [0.2, 0.25) is 0 Å². The largest absolute Gasteiger partial charge is 0.464 e. The molecule has 0 amide bonds. The van der Waals surface area contributed by atoms with Crippen molar-refractivity contribution < 1.29 is 9.53 Å². The van der Waals surface area contributed by atoms with Crippen molar-refractivity contribution in [1.82, 2.24) is 4.90 Å². The fraction of sp³-hybridized carbons (Fsp3) is 0.462. The lowest BCUT2D eigenvalue weighted by Gasteiger charge is -2.32. The molecule has 0 spiro atoms. The highest BCUT2D eigenvalue weighted by Gasteiger charge is 2.32. The summed E-state index contributed by atoms with van der Waals surface area (Å²) in [6.07, 6.45) is 8.54. The number of esters is 1. The first kappa shape index (κ1) is 14.3. The molecule has 3 nitrogen and oxygen atoms in total. The highest BCUT2D eigenvalue weighted by molar-refractivity contribution is 5.80. The van der Waals surface area contributed by atoms with Gasteiger partial charge in [-0.3, -0.25) is 0 Å². The van der Waals surface area contributed by atoms with Gasteiger partial charge in [-0.15, -0.1) is 6.42 Å². The second-order valence-corrected chi connectivity index (χ2v) is 3.82. The van der Waals surface area contributed by atoms with Crippen molar-refractivity contribution in [3.63, 3.8) is 0 Å². The molecule has 88 valence electrons. The van der Waals surface area contributed by atoms with E-state index in [0.717, 1.165) is 0 Å². The molecular formula is C13H19NO2. The summed E-state index contributed by atoms with van der Waals surface area (Å²) < 4.78 is 4.99. The maximum Gasteiger partial charge on any atom is 0.331 e. The first-order chi connectivity index (χ1) is 7.39. The number of ether oxygens (including phenoxy) is 1. The van der Waals surface area contributed by atoms with E-state index < -0.39 is 5.54 Å². The molecule has 0 bridgehead atoms. The topological polar surface area (TPSA) is 29.5 Å². The number of rotatable bonds is 5. The average Bonchev–Trinajstić information content (AvgIpc) is 2.25. The molecule has 0 rings (SSSR count). The number of hydrogen-bond acceptors (Lipinski definition) is 3. The molecule has 0 aromatic heterocycles. The molecule has 3 heteroatoms. The van der Waals surface area contributed by atoms with Gasteiger partial charge >= 0.3 is 5.97 Å².